The van der Waals surface area contributed by atoms with Crippen LogP contribution in [0.1, 0.15) is 0 Å². The highest BCUT2D eigenvalue weighted by Gasteiger charge is 1.76. The second-order valence-corrected chi connectivity index (χ2v) is 1.76. The standard InChI is InChI=1S/C2H7N2PS/c1-6-2(3)4-5/h5H2,1H3,(H2,3,4). The third-order valence-corrected chi connectivity index (χ3v) is 1.33. The minimum Gasteiger partial charge on any atom is -0.378 e. The van der Waals surface area contributed by atoms with E-state index in [1.54, 1.807) is 0 Å². The maximum Gasteiger partial charge on any atom is 0.156 e. The van der Waals surface area contributed by atoms with Gasteiger partial charge in [-0.3, -0.25) is 0 Å². The van der Waals surface area contributed by atoms with Gasteiger partial charge >= 0.3 is 0 Å². The molecule has 0 heterocycles. The zero-order valence-electron chi connectivity index (χ0n) is 3.51. The van der Waals surface area contributed by atoms with Crippen LogP contribution in [0.3, 0.4) is 0 Å². The number of rotatable bonds is 0. The van der Waals surface area contributed by atoms with Crippen molar-refractivity contribution in [2.45, 2.75) is 0 Å². The lowest BCUT2D eigenvalue weighted by Crippen LogP contribution is -2.02. The first kappa shape index (κ1) is 6.25. The first-order valence-electron chi connectivity index (χ1n) is 1.38. The summed E-state index contributed by atoms with van der Waals surface area (Å²) in [7, 11) is 2.18. The maximum atomic E-state index is 5.16. The molecular formula is C2H7N2PS. The number of amidine groups is 1. The lowest BCUT2D eigenvalue weighted by atomic mass is 11.4. The summed E-state index contributed by atoms with van der Waals surface area (Å²) in [5.41, 5.74) is 5.16. The summed E-state index contributed by atoms with van der Waals surface area (Å²) in [4.78, 5) is 0. The molecule has 0 fully saturated rings. The molecule has 0 aliphatic carbocycles. The molecule has 0 spiro atoms. The highest BCUT2D eigenvalue weighted by Crippen LogP contribution is 1.93. The largest absolute Gasteiger partial charge is 0.378 e. The Labute approximate surface area is 43.8 Å². The summed E-state index contributed by atoms with van der Waals surface area (Å²) in [5, 5.41) is 0.597. The van der Waals surface area contributed by atoms with Crippen molar-refractivity contribution in [2.75, 3.05) is 6.26 Å². The minimum absolute atomic E-state index is 0.597. The Balaban J connectivity index is 3.22. The summed E-state index contributed by atoms with van der Waals surface area (Å²) >= 11 is 1.43. The van der Waals surface area contributed by atoms with Crippen LogP contribution in [0.25, 0.3) is 0 Å². The van der Waals surface area contributed by atoms with Crippen LogP contribution in [0, 0.1) is 0 Å². The van der Waals surface area contributed by atoms with Gasteiger partial charge in [-0.15, -0.1) is 0 Å². The van der Waals surface area contributed by atoms with Gasteiger partial charge in [-0.25, -0.2) is 4.76 Å². The molecule has 0 saturated carbocycles. The molecule has 4 heteroatoms. The Morgan fingerprint density at radius 1 is 2.00 bits per heavy atom. The topological polar surface area (TPSA) is 38.4 Å². The molecule has 1 atom stereocenters. The van der Waals surface area contributed by atoms with Gasteiger partial charge in [0, 0.05) is 0 Å². The molecule has 6 heavy (non-hydrogen) atoms. The molecule has 0 aliphatic heterocycles. The SMILES string of the molecule is CSC(N)=NP. The van der Waals surface area contributed by atoms with Crippen molar-refractivity contribution < 1.29 is 0 Å². The van der Waals surface area contributed by atoms with Crippen LogP contribution in [-0.2, 0) is 0 Å². The zero-order chi connectivity index (χ0) is 4.99. The van der Waals surface area contributed by atoms with Gasteiger partial charge in [-0.2, -0.15) is 0 Å². The molecule has 0 aromatic heterocycles. The molecular weight excluding hydrogens is 115 g/mol. The summed E-state index contributed by atoms with van der Waals surface area (Å²) in [6.45, 7) is 0. The van der Waals surface area contributed by atoms with E-state index in [0.717, 1.165) is 0 Å². The van der Waals surface area contributed by atoms with Gasteiger partial charge in [0.05, 0.1) is 0 Å². The second kappa shape index (κ2) is 3.44. The molecule has 0 radical (unpaired) electrons. The zero-order valence-corrected chi connectivity index (χ0v) is 5.48. The molecule has 0 aliphatic rings. The van der Waals surface area contributed by atoms with Gasteiger partial charge in [0.15, 0.2) is 5.17 Å². The van der Waals surface area contributed by atoms with Crippen LogP contribution < -0.4 is 5.73 Å². The quantitative estimate of drug-likeness (QED) is 0.288. The Hall–Kier alpha value is 0.250. The van der Waals surface area contributed by atoms with E-state index < -0.39 is 0 Å². The van der Waals surface area contributed by atoms with Crippen molar-refractivity contribution in [1.82, 2.24) is 0 Å². The molecule has 36 valence electrons. The highest BCUT2D eigenvalue weighted by molar-refractivity contribution is 8.13. The summed E-state index contributed by atoms with van der Waals surface area (Å²) in [5.74, 6) is 0. The molecule has 1 unspecified atom stereocenters. The monoisotopic (exact) mass is 122 g/mol. The molecule has 2 N–H and O–H groups in total. The van der Waals surface area contributed by atoms with Gasteiger partial charge in [-0.05, 0) is 15.6 Å². The first-order valence-corrected chi connectivity index (χ1v) is 3.12. The second-order valence-electron chi connectivity index (χ2n) is 0.671. The van der Waals surface area contributed by atoms with Crippen LogP contribution in [0.2, 0.25) is 0 Å². The summed E-state index contributed by atoms with van der Waals surface area (Å²) in [6, 6.07) is 0. The fourth-order valence-electron chi connectivity index (χ4n) is 0.0527. The van der Waals surface area contributed by atoms with E-state index in [1.807, 2.05) is 6.26 Å². The molecule has 0 rings (SSSR count). The van der Waals surface area contributed by atoms with Crippen LogP contribution >= 0.6 is 21.2 Å². The number of thioether (sulfide) groups is 1. The fraction of sp³-hybridized carbons (Fsp3) is 0.500. The Morgan fingerprint density at radius 2 is 2.50 bits per heavy atom. The average molecular weight is 122 g/mol. The smallest absolute Gasteiger partial charge is 0.156 e. The van der Waals surface area contributed by atoms with E-state index in [2.05, 4.69) is 14.2 Å². The average Bonchev–Trinajstić information content (AvgIpc) is 1.65. The van der Waals surface area contributed by atoms with E-state index in [9.17, 15) is 0 Å². The Bertz CT molecular complexity index is 62.6. The van der Waals surface area contributed by atoms with Crippen molar-refractivity contribution in [2.24, 2.45) is 10.5 Å². The van der Waals surface area contributed by atoms with E-state index in [1.165, 1.54) is 11.8 Å². The van der Waals surface area contributed by atoms with Crippen LogP contribution in [0.4, 0.5) is 0 Å². The third kappa shape index (κ3) is 2.49. The van der Waals surface area contributed by atoms with Gasteiger partial charge < -0.3 is 5.73 Å². The predicted octanol–water partition coefficient (Wildman–Crippen LogP) is 0.454. The summed E-state index contributed by atoms with van der Waals surface area (Å²) in [6.07, 6.45) is 1.88. The highest BCUT2D eigenvalue weighted by atomic mass is 32.2. The van der Waals surface area contributed by atoms with Crippen LogP contribution in [-0.4, -0.2) is 11.4 Å². The normalized spacial score (nSPS) is 12.0. The lowest BCUT2D eigenvalue weighted by Gasteiger charge is -1.84. The van der Waals surface area contributed by atoms with Gasteiger partial charge in [-0.1, -0.05) is 11.8 Å². The summed E-state index contributed by atoms with van der Waals surface area (Å²) < 4.78 is 3.58. The van der Waals surface area contributed by atoms with Crippen LogP contribution in [0.15, 0.2) is 4.76 Å². The van der Waals surface area contributed by atoms with Gasteiger partial charge in [0.25, 0.3) is 0 Å². The van der Waals surface area contributed by atoms with E-state index in [4.69, 9.17) is 5.73 Å². The lowest BCUT2D eigenvalue weighted by molar-refractivity contribution is 1.76. The molecule has 0 bridgehead atoms. The van der Waals surface area contributed by atoms with Crippen LogP contribution in [0.5, 0.6) is 0 Å². The van der Waals surface area contributed by atoms with E-state index in [-0.39, 0.29) is 0 Å². The Morgan fingerprint density at radius 3 is 2.50 bits per heavy atom. The fourth-order valence-corrected chi connectivity index (χ4v) is 0.474. The van der Waals surface area contributed by atoms with Crippen molar-refractivity contribution in [3.05, 3.63) is 0 Å². The molecule has 0 aromatic rings. The molecule has 2 nitrogen and oxygen atoms in total. The Kier molecular flexibility index (Phi) is 3.58. The number of hydrogen-bond donors (Lipinski definition) is 1. The third-order valence-electron chi connectivity index (χ3n) is 0.336. The molecule has 0 aromatic carbocycles. The van der Waals surface area contributed by atoms with Gasteiger partial charge in [0.2, 0.25) is 0 Å². The molecule has 0 saturated heterocycles. The van der Waals surface area contributed by atoms with Crippen molar-refractivity contribution in [3.63, 3.8) is 0 Å². The van der Waals surface area contributed by atoms with Crippen molar-refractivity contribution in [3.8, 4) is 0 Å². The van der Waals surface area contributed by atoms with Crippen molar-refractivity contribution in [1.29, 1.82) is 0 Å². The number of hydrogen-bond acceptors (Lipinski definition) is 2. The molecule has 0 amide bonds. The van der Waals surface area contributed by atoms with Gasteiger partial charge in [0.1, 0.15) is 0 Å². The van der Waals surface area contributed by atoms with Crippen molar-refractivity contribution >= 4 is 26.3 Å². The minimum atomic E-state index is 0.597. The maximum absolute atomic E-state index is 5.16. The van der Waals surface area contributed by atoms with E-state index >= 15 is 0 Å². The number of nitrogens with zero attached hydrogens (tertiary/aromatic N) is 1. The number of nitrogens with two attached hydrogens (primary N) is 1. The van der Waals surface area contributed by atoms with E-state index in [0.29, 0.717) is 5.17 Å². The predicted molar refractivity (Wildman–Crippen MR) is 34.8 cm³/mol. The first-order chi connectivity index (χ1) is 2.81.